The van der Waals surface area contributed by atoms with Crippen LogP contribution in [0.4, 0.5) is 0 Å². The first-order valence-corrected chi connectivity index (χ1v) is 9.30. The van der Waals surface area contributed by atoms with Crippen molar-refractivity contribution in [3.8, 4) is 0 Å². The Morgan fingerprint density at radius 1 is 1.14 bits per heavy atom. The van der Waals surface area contributed by atoms with Gasteiger partial charge in [-0.2, -0.15) is 0 Å². The van der Waals surface area contributed by atoms with Crippen LogP contribution in [0.5, 0.6) is 0 Å². The van der Waals surface area contributed by atoms with E-state index in [0.29, 0.717) is 5.92 Å². The van der Waals surface area contributed by atoms with Gasteiger partial charge in [0, 0.05) is 11.5 Å². The molecule has 0 amide bonds. The van der Waals surface area contributed by atoms with Gasteiger partial charge in [-0.15, -0.1) is 0 Å². The first-order chi connectivity index (χ1) is 10.4. The van der Waals surface area contributed by atoms with Gasteiger partial charge in [-0.05, 0) is 44.0 Å². The van der Waals surface area contributed by atoms with Gasteiger partial charge in [0.15, 0.2) is 6.23 Å². The summed E-state index contributed by atoms with van der Waals surface area (Å²) in [7, 11) is -3.66. The average Bonchev–Trinajstić information content (AvgIpc) is 2.89. The summed E-state index contributed by atoms with van der Waals surface area (Å²) in [6.07, 6.45) is 6.11. The van der Waals surface area contributed by atoms with E-state index in [1.165, 1.54) is 44.2 Å². The summed E-state index contributed by atoms with van der Waals surface area (Å²) >= 11 is 0. The predicted octanol–water partition coefficient (Wildman–Crippen LogP) is 2.55. The van der Waals surface area contributed by atoms with Gasteiger partial charge in [0.05, 0.1) is 10.6 Å². The molecule has 1 aliphatic carbocycles. The van der Waals surface area contributed by atoms with Crippen molar-refractivity contribution in [1.29, 1.82) is 0 Å². The van der Waals surface area contributed by atoms with Crippen molar-refractivity contribution in [3.05, 3.63) is 35.5 Å². The van der Waals surface area contributed by atoms with E-state index >= 15 is 0 Å². The van der Waals surface area contributed by atoms with Crippen LogP contribution in [0.2, 0.25) is 0 Å². The Morgan fingerprint density at radius 3 is 2.36 bits per heavy atom. The van der Waals surface area contributed by atoms with Gasteiger partial charge in [-0.1, -0.05) is 19.3 Å². The van der Waals surface area contributed by atoms with Crippen LogP contribution >= 0.6 is 0 Å². The molecule has 22 heavy (non-hydrogen) atoms. The second-order valence-electron chi connectivity index (χ2n) is 6.05. The zero-order valence-electron chi connectivity index (χ0n) is 12.7. The standard InChI is InChI=1S/C16H22N2O3S/c1-11-18-15(12-5-3-2-4-6-12)16(21-11)13-7-9-14(10-8-13)22(17,19)20/h7-12,18H,2-6H2,1H3,(H2,17,19,20). The number of nitrogens with one attached hydrogen (secondary N) is 1. The third-order valence-corrected chi connectivity index (χ3v) is 5.29. The minimum atomic E-state index is -3.66. The van der Waals surface area contributed by atoms with Crippen molar-refractivity contribution < 1.29 is 13.2 Å². The number of benzene rings is 1. The van der Waals surface area contributed by atoms with Crippen molar-refractivity contribution in [2.45, 2.75) is 50.2 Å². The van der Waals surface area contributed by atoms with Crippen molar-refractivity contribution in [3.63, 3.8) is 0 Å². The minimum absolute atomic E-state index is 0.0511. The van der Waals surface area contributed by atoms with Gasteiger partial charge >= 0.3 is 0 Å². The highest BCUT2D eigenvalue weighted by molar-refractivity contribution is 7.89. The molecule has 1 aromatic carbocycles. The number of ether oxygens (including phenoxy) is 1. The van der Waals surface area contributed by atoms with Gasteiger partial charge in [0.25, 0.3) is 0 Å². The molecule has 1 unspecified atom stereocenters. The Morgan fingerprint density at radius 2 is 1.77 bits per heavy atom. The molecule has 1 fully saturated rings. The number of sulfonamides is 1. The van der Waals surface area contributed by atoms with E-state index < -0.39 is 10.0 Å². The lowest BCUT2D eigenvalue weighted by molar-refractivity contribution is 0.188. The molecule has 3 N–H and O–H groups in total. The lowest BCUT2D eigenvalue weighted by Crippen LogP contribution is -2.24. The Balaban J connectivity index is 1.93. The molecular formula is C16H22N2O3S. The maximum atomic E-state index is 11.4. The Labute approximate surface area is 131 Å². The molecule has 1 saturated carbocycles. The van der Waals surface area contributed by atoms with E-state index in [1.807, 2.05) is 6.92 Å². The first-order valence-electron chi connectivity index (χ1n) is 7.76. The van der Waals surface area contributed by atoms with Gasteiger partial charge in [-0.3, -0.25) is 0 Å². The average molecular weight is 322 g/mol. The van der Waals surface area contributed by atoms with Crippen LogP contribution in [0.1, 0.15) is 44.6 Å². The first kappa shape index (κ1) is 15.4. The second kappa shape index (κ2) is 5.93. The summed E-state index contributed by atoms with van der Waals surface area (Å²) in [5.41, 5.74) is 2.06. The fourth-order valence-electron chi connectivity index (χ4n) is 3.27. The molecule has 0 bridgehead atoms. The molecule has 0 radical (unpaired) electrons. The molecule has 1 atom stereocenters. The zero-order chi connectivity index (χ0) is 15.7. The van der Waals surface area contributed by atoms with E-state index in [2.05, 4.69) is 5.32 Å². The topological polar surface area (TPSA) is 81.4 Å². The number of allylic oxidation sites excluding steroid dienone is 1. The molecule has 1 aromatic rings. The highest BCUT2D eigenvalue weighted by atomic mass is 32.2. The van der Waals surface area contributed by atoms with Gasteiger partial charge in [0.1, 0.15) is 5.76 Å². The summed E-state index contributed by atoms with van der Waals surface area (Å²) in [5.74, 6) is 1.35. The van der Waals surface area contributed by atoms with Gasteiger partial charge in [-0.25, -0.2) is 13.6 Å². The molecule has 0 aromatic heterocycles. The van der Waals surface area contributed by atoms with E-state index in [9.17, 15) is 8.42 Å². The molecule has 1 heterocycles. The lowest BCUT2D eigenvalue weighted by Gasteiger charge is -2.23. The quantitative estimate of drug-likeness (QED) is 0.896. The summed E-state index contributed by atoms with van der Waals surface area (Å²) in [4.78, 5) is 0.120. The van der Waals surface area contributed by atoms with Crippen LogP contribution in [0.25, 0.3) is 5.76 Å². The van der Waals surface area contributed by atoms with E-state index in [0.717, 1.165) is 17.0 Å². The fourth-order valence-corrected chi connectivity index (χ4v) is 3.78. The summed E-state index contributed by atoms with van der Waals surface area (Å²) in [6.45, 7) is 1.98. The number of hydrogen-bond donors (Lipinski definition) is 2. The van der Waals surface area contributed by atoms with E-state index in [4.69, 9.17) is 9.88 Å². The molecule has 6 heteroatoms. The maximum absolute atomic E-state index is 11.4. The highest BCUT2D eigenvalue weighted by Gasteiger charge is 2.29. The molecule has 1 aliphatic heterocycles. The number of nitrogens with two attached hydrogens (primary N) is 1. The van der Waals surface area contributed by atoms with Gasteiger partial charge < -0.3 is 10.1 Å². The molecule has 3 rings (SSSR count). The highest BCUT2D eigenvalue weighted by Crippen LogP contribution is 2.37. The van der Waals surface area contributed by atoms with Crippen LogP contribution in [-0.4, -0.2) is 14.6 Å². The van der Waals surface area contributed by atoms with Crippen molar-refractivity contribution >= 4 is 15.8 Å². The molecule has 0 spiro atoms. The second-order valence-corrected chi connectivity index (χ2v) is 7.61. The van der Waals surface area contributed by atoms with E-state index in [-0.39, 0.29) is 11.1 Å². The predicted molar refractivity (Wildman–Crippen MR) is 85.0 cm³/mol. The van der Waals surface area contributed by atoms with Gasteiger partial charge in [0.2, 0.25) is 10.0 Å². The number of rotatable bonds is 3. The molecule has 2 aliphatic rings. The maximum Gasteiger partial charge on any atom is 0.238 e. The van der Waals surface area contributed by atoms with Crippen molar-refractivity contribution in [2.24, 2.45) is 11.1 Å². The summed E-state index contributed by atoms with van der Waals surface area (Å²) in [6, 6.07) is 6.58. The van der Waals surface area contributed by atoms with Crippen molar-refractivity contribution in [2.75, 3.05) is 0 Å². The minimum Gasteiger partial charge on any atom is -0.469 e. The third-order valence-electron chi connectivity index (χ3n) is 4.36. The Kier molecular flexibility index (Phi) is 4.14. The van der Waals surface area contributed by atoms with Crippen LogP contribution in [0, 0.1) is 5.92 Å². The summed E-state index contributed by atoms with van der Waals surface area (Å²) < 4.78 is 28.6. The van der Waals surface area contributed by atoms with Crippen LogP contribution in [0.15, 0.2) is 34.9 Å². The number of primary sulfonamides is 1. The molecule has 120 valence electrons. The normalized spacial score (nSPS) is 23.3. The molecular weight excluding hydrogens is 300 g/mol. The van der Waals surface area contributed by atoms with Crippen LogP contribution in [-0.2, 0) is 14.8 Å². The van der Waals surface area contributed by atoms with Crippen LogP contribution in [0.3, 0.4) is 0 Å². The molecule has 5 nitrogen and oxygen atoms in total. The third kappa shape index (κ3) is 3.13. The smallest absolute Gasteiger partial charge is 0.238 e. The Bertz CT molecular complexity index is 674. The Hall–Kier alpha value is -1.53. The lowest BCUT2D eigenvalue weighted by atomic mass is 9.86. The molecule has 0 saturated heterocycles. The SMILES string of the molecule is CC1NC(C2CCCCC2)=C(c2ccc(S(N)(=O)=O)cc2)O1. The van der Waals surface area contributed by atoms with Crippen LogP contribution < -0.4 is 10.5 Å². The summed E-state index contributed by atoms with van der Waals surface area (Å²) in [5, 5.41) is 8.57. The monoisotopic (exact) mass is 322 g/mol. The largest absolute Gasteiger partial charge is 0.469 e. The van der Waals surface area contributed by atoms with E-state index in [1.54, 1.807) is 12.1 Å². The fraction of sp³-hybridized carbons (Fsp3) is 0.500. The number of hydrogen-bond acceptors (Lipinski definition) is 4. The zero-order valence-corrected chi connectivity index (χ0v) is 13.5. The van der Waals surface area contributed by atoms with Crippen molar-refractivity contribution in [1.82, 2.24) is 5.32 Å².